The Morgan fingerprint density at radius 1 is 1.03 bits per heavy atom. The number of amidine groups is 2. The summed E-state index contributed by atoms with van der Waals surface area (Å²) in [5.41, 5.74) is 5.75. The Labute approximate surface area is 353 Å². The molecule has 3 aromatic rings. The van der Waals surface area contributed by atoms with Crippen LogP contribution in [0.4, 0.5) is 10.7 Å². The molecule has 7 rings (SSSR count). The molecule has 5 heterocycles. The highest BCUT2D eigenvalue weighted by Gasteiger charge is 2.44. The number of rotatable bonds is 17. The van der Waals surface area contributed by atoms with Crippen molar-refractivity contribution >= 4 is 74.6 Å². The second-order valence-electron chi connectivity index (χ2n) is 15.6. The van der Waals surface area contributed by atoms with Crippen molar-refractivity contribution in [3.8, 4) is 0 Å². The Kier molecular flexibility index (Phi) is 13.2. The Hall–Kier alpha value is -4.96. The summed E-state index contributed by atoms with van der Waals surface area (Å²) in [7, 11) is 0. The normalized spacial score (nSPS) is 21.1. The first-order chi connectivity index (χ1) is 28.4. The van der Waals surface area contributed by atoms with Gasteiger partial charge in [0.15, 0.2) is 0 Å². The summed E-state index contributed by atoms with van der Waals surface area (Å²) in [6.07, 6.45) is 7.07. The first-order valence-electron chi connectivity index (χ1n) is 20.4. The van der Waals surface area contributed by atoms with Crippen LogP contribution in [0, 0.1) is 24.7 Å². The van der Waals surface area contributed by atoms with Crippen molar-refractivity contribution in [1.29, 1.82) is 10.8 Å². The average Bonchev–Trinajstić information content (AvgIpc) is 3.80. The minimum atomic E-state index is -0.686. The zero-order valence-corrected chi connectivity index (χ0v) is 35.3. The number of fused-ring (bicyclic) bond motifs is 2. The molecule has 2 aromatic carbocycles. The third kappa shape index (κ3) is 9.59. The van der Waals surface area contributed by atoms with Gasteiger partial charge in [0, 0.05) is 63.8 Å². The molecule has 1 aromatic heterocycles. The molecule has 16 heteroatoms. The maximum atomic E-state index is 13.1. The van der Waals surface area contributed by atoms with Gasteiger partial charge in [0.1, 0.15) is 41.1 Å². The van der Waals surface area contributed by atoms with Gasteiger partial charge < -0.3 is 20.3 Å². The number of anilines is 2. The number of aryl methyl sites for hydroxylation is 1. The quantitative estimate of drug-likeness (QED) is 0.0311. The number of ether oxygens (including phenoxy) is 1. The second-order valence-corrected chi connectivity index (χ2v) is 17.3. The number of nitrogens with one attached hydrogen (secondary N) is 6. The molecule has 2 fully saturated rings. The third-order valence-corrected chi connectivity index (χ3v) is 12.9. The maximum Gasteiger partial charge on any atom is 0.255 e. The number of nitrogens with zero attached hydrogens (tertiary/aromatic N) is 3. The van der Waals surface area contributed by atoms with E-state index < -0.39 is 18.0 Å². The molecule has 3 unspecified atom stereocenters. The van der Waals surface area contributed by atoms with E-state index in [0.717, 1.165) is 82.9 Å². The molecule has 2 saturated heterocycles. The molecular formula is C43H52ClN9O5S. The number of halogens is 1. The highest BCUT2D eigenvalue weighted by atomic mass is 35.5. The van der Waals surface area contributed by atoms with Gasteiger partial charge in [-0.2, -0.15) is 0 Å². The number of aliphatic imine (C=N–C) groups is 1. The Morgan fingerprint density at radius 3 is 2.49 bits per heavy atom. The van der Waals surface area contributed by atoms with Crippen LogP contribution in [0.15, 0.2) is 47.5 Å². The number of amides is 4. The van der Waals surface area contributed by atoms with Gasteiger partial charge >= 0.3 is 0 Å². The molecule has 14 nitrogen and oxygen atoms in total. The molecule has 4 atom stereocenters. The number of benzene rings is 2. The monoisotopic (exact) mass is 841 g/mol. The van der Waals surface area contributed by atoms with Gasteiger partial charge in [0.2, 0.25) is 17.7 Å². The zero-order valence-electron chi connectivity index (χ0n) is 33.7. The predicted molar refractivity (Wildman–Crippen MR) is 231 cm³/mol. The number of hydrogen-bond acceptors (Lipinski definition) is 11. The Bertz CT molecular complexity index is 2170. The Morgan fingerprint density at radius 2 is 1.76 bits per heavy atom. The van der Waals surface area contributed by atoms with E-state index in [-0.39, 0.29) is 61.2 Å². The van der Waals surface area contributed by atoms with Gasteiger partial charge in [-0.05, 0) is 76.4 Å². The summed E-state index contributed by atoms with van der Waals surface area (Å²) in [6.45, 7) is 7.60. The molecule has 0 saturated carbocycles. The van der Waals surface area contributed by atoms with Crippen molar-refractivity contribution < 1.29 is 23.9 Å². The molecule has 0 radical (unpaired) electrons. The van der Waals surface area contributed by atoms with Crippen molar-refractivity contribution in [2.45, 2.75) is 110 Å². The fraction of sp³-hybridized carbons (Fsp3) is 0.465. The van der Waals surface area contributed by atoms with Gasteiger partial charge in [-0.25, -0.2) is 0 Å². The van der Waals surface area contributed by atoms with Crippen LogP contribution in [0.5, 0.6) is 0 Å². The number of unbranched alkanes of at least 4 members (excludes halogenated alkanes) is 5. The largest absolute Gasteiger partial charge is 0.376 e. The van der Waals surface area contributed by atoms with E-state index in [0.29, 0.717) is 35.7 Å². The summed E-state index contributed by atoms with van der Waals surface area (Å²) in [5, 5.41) is 31.3. The summed E-state index contributed by atoms with van der Waals surface area (Å²) in [4.78, 5) is 59.2. The van der Waals surface area contributed by atoms with Gasteiger partial charge in [-0.3, -0.25) is 50.5 Å². The lowest BCUT2D eigenvalue weighted by molar-refractivity contribution is -0.137. The van der Waals surface area contributed by atoms with E-state index >= 15 is 0 Å². The minimum absolute atomic E-state index is 0.0686. The molecule has 6 N–H and O–H groups in total. The number of epoxide rings is 1. The van der Waals surface area contributed by atoms with Crippen LogP contribution in [0.1, 0.15) is 102 Å². The van der Waals surface area contributed by atoms with Gasteiger partial charge in [-0.1, -0.05) is 55.5 Å². The highest BCUT2D eigenvalue weighted by Crippen LogP contribution is 2.41. The number of thiophene rings is 1. The van der Waals surface area contributed by atoms with Gasteiger partial charge in [0.05, 0.1) is 12.3 Å². The van der Waals surface area contributed by atoms with Crippen molar-refractivity contribution in [3.63, 3.8) is 0 Å². The van der Waals surface area contributed by atoms with Crippen LogP contribution < -0.4 is 26.2 Å². The van der Waals surface area contributed by atoms with Crippen molar-refractivity contribution in [2.24, 2.45) is 4.99 Å². The van der Waals surface area contributed by atoms with Crippen LogP contribution >= 0.6 is 22.9 Å². The topological polar surface area (TPSA) is 195 Å². The fourth-order valence-corrected chi connectivity index (χ4v) is 9.40. The van der Waals surface area contributed by atoms with Crippen molar-refractivity contribution in [3.05, 3.63) is 80.2 Å². The number of piperidine rings is 1. The number of carbonyl (C=O) groups excluding carboxylic acids is 4. The van der Waals surface area contributed by atoms with Crippen LogP contribution in [0.2, 0.25) is 5.02 Å². The van der Waals surface area contributed by atoms with E-state index in [9.17, 15) is 24.6 Å². The molecule has 0 bridgehead atoms. The van der Waals surface area contributed by atoms with Crippen molar-refractivity contribution in [1.82, 2.24) is 20.9 Å². The van der Waals surface area contributed by atoms with Gasteiger partial charge in [0.25, 0.3) is 5.91 Å². The lowest BCUT2D eigenvalue weighted by Crippen LogP contribution is -2.52. The lowest BCUT2D eigenvalue weighted by atomic mass is 9.99. The molecule has 4 amide bonds. The van der Waals surface area contributed by atoms with Crippen LogP contribution in [-0.2, 0) is 25.7 Å². The van der Waals surface area contributed by atoms with Crippen LogP contribution in [0.25, 0.3) is 0 Å². The summed E-state index contributed by atoms with van der Waals surface area (Å²) in [5.74, 6) is -0.583. The average molecular weight is 842 g/mol. The predicted octanol–water partition coefficient (Wildman–Crippen LogP) is 6.05. The van der Waals surface area contributed by atoms with Crippen LogP contribution in [0.3, 0.4) is 0 Å². The first kappa shape index (κ1) is 42.2. The van der Waals surface area contributed by atoms with Gasteiger partial charge in [-0.15, -0.1) is 11.3 Å². The second kappa shape index (κ2) is 18.5. The zero-order chi connectivity index (χ0) is 41.8. The van der Waals surface area contributed by atoms with E-state index in [1.807, 2.05) is 30.3 Å². The SMILES string of the molecule is CC(=N)N1C(=N)[C@H](CC2OC2NCCCCCCCCNC(=O)CNc2cccc3c2CN(C2CCC(=O)NC2=O)C3=O)N=C(c2ccc(Cl)cc2)c2c1sc(C)c2C. The molecular weight excluding hydrogens is 790 g/mol. The molecule has 59 heavy (non-hydrogen) atoms. The number of imide groups is 1. The molecule has 312 valence electrons. The Balaban J connectivity index is 0.782. The fourth-order valence-electron chi connectivity index (χ4n) is 8.05. The number of hydrogen-bond donors (Lipinski definition) is 6. The summed E-state index contributed by atoms with van der Waals surface area (Å²) >= 11 is 7.82. The van der Waals surface area contributed by atoms with E-state index in [1.165, 1.54) is 4.90 Å². The van der Waals surface area contributed by atoms with E-state index in [1.54, 1.807) is 35.3 Å². The summed E-state index contributed by atoms with van der Waals surface area (Å²) in [6, 6.07) is 11.8. The van der Waals surface area contributed by atoms with E-state index in [2.05, 4.69) is 35.1 Å². The number of carbonyl (C=O) groups is 4. The molecule has 4 aliphatic rings. The highest BCUT2D eigenvalue weighted by molar-refractivity contribution is 7.17. The van der Waals surface area contributed by atoms with E-state index in [4.69, 9.17) is 26.7 Å². The molecule has 0 aliphatic carbocycles. The maximum absolute atomic E-state index is 13.1. The summed E-state index contributed by atoms with van der Waals surface area (Å²) < 4.78 is 6.01. The molecule has 4 aliphatic heterocycles. The van der Waals surface area contributed by atoms with Crippen molar-refractivity contribution in [2.75, 3.05) is 29.9 Å². The smallest absolute Gasteiger partial charge is 0.255 e. The molecule has 0 spiro atoms. The first-order valence-corrected chi connectivity index (χ1v) is 21.6. The minimum Gasteiger partial charge on any atom is -0.376 e. The lowest BCUT2D eigenvalue weighted by Gasteiger charge is -2.29. The standard InChI is InChI=1S/C43H52ClN9O5S/c1-24-25(2)59-43-37(24)38(27-13-15-28(44)16-14-27)50-32(39(46)53(43)26(3)45)21-34-41(58-34)48-20-9-7-5-4-6-8-19-47-36(55)22-49-31-12-10-11-29-30(31)23-52(42(29)57)33-17-18-35(54)51-40(33)56/h10-16,32-34,41,45-46,48-49H,4-9,17-23H2,1-3H3,(H,47,55)(H,51,54,56)/t32-,33?,34?,41?/m0/s1. The van der Waals surface area contributed by atoms with Crippen LogP contribution in [-0.4, -0.2) is 90.0 Å². The third-order valence-electron chi connectivity index (χ3n) is 11.4.